The first-order valence-electron chi connectivity index (χ1n) is 5.20. The van der Waals surface area contributed by atoms with Crippen LogP contribution in [-0.4, -0.2) is 0 Å². The zero-order valence-corrected chi connectivity index (χ0v) is 10.8. The van der Waals surface area contributed by atoms with Crippen molar-refractivity contribution >= 4 is 28.6 Å². The second-order valence-corrected chi connectivity index (χ2v) is 5.07. The van der Waals surface area contributed by atoms with Gasteiger partial charge in [0, 0.05) is 4.88 Å². The first-order chi connectivity index (χ1) is 8.20. The van der Waals surface area contributed by atoms with Gasteiger partial charge in [-0.25, -0.2) is 0 Å². The molecule has 0 bridgehead atoms. The van der Waals surface area contributed by atoms with Crippen molar-refractivity contribution < 1.29 is 0 Å². The molecule has 1 aromatic heterocycles. The maximum Gasteiger partial charge on any atom is 0.0992 e. The molecule has 0 spiro atoms. The summed E-state index contributed by atoms with van der Waals surface area (Å²) >= 11 is 7.79. The summed E-state index contributed by atoms with van der Waals surface area (Å²) < 4.78 is 0. The van der Waals surface area contributed by atoms with Crippen LogP contribution in [0.1, 0.15) is 23.4 Å². The molecule has 1 N–H and O–H groups in total. The van der Waals surface area contributed by atoms with Gasteiger partial charge < -0.3 is 5.32 Å². The Hall–Kier alpha value is -1.50. The quantitative estimate of drug-likeness (QED) is 0.887. The molecule has 2 rings (SSSR count). The van der Waals surface area contributed by atoms with Crippen molar-refractivity contribution in [2.75, 3.05) is 5.32 Å². The molecular formula is C13H11ClN2S. The fraction of sp³-hybridized carbons (Fsp3) is 0.154. The summed E-state index contributed by atoms with van der Waals surface area (Å²) in [6.45, 7) is 2.07. The van der Waals surface area contributed by atoms with E-state index < -0.39 is 0 Å². The molecule has 1 atom stereocenters. The summed E-state index contributed by atoms with van der Waals surface area (Å²) in [6.07, 6.45) is 0. The van der Waals surface area contributed by atoms with Gasteiger partial charge in [0.2, 0.25) is 0 Å². The molecule has 0 aliphatic carbocycles. The SMILES string of the molecule is CC(Nc1cc(C#N)ccc1Cl)c1cccs1. The van der Waals surface area contributed by atoms with Gasteiger partial charge in [-0.15, -0.1) is 11.3 Å². The van der Waals surface area contributed by atoms with Gasteiger partial charge in [-0.3, -0.25) is 0 Å². The molecule has 0 saturated heterocycles. The second-order valence-electron chi connectivity index (χ2n) is 3.69. The van der Waals surface area contributed by atoms with Gasteiger partial charge in [0.15, 0.2) is 0 Å². The number of nitrogens with one attached hydrogen (secondary N) is 1. The number of benzene rings is 1. The number of rotatable bonds is 3. The third-order valence-electron chi connectivity index (χ3n) is 2.44. The van der Waals surface area contributed by atoms with Crippen LogP contribution < -0.4 is 5.32 Å². The molecule has 4 heteroatoms. The summed E-state index contributed by atoms with van der Waals surface area (Å²) in [5.74, 6) is 0. The third-order valence-corrected chi connectivity index (χ3v) is 3.82. The van der Waals surface area contributed by atoms with Crippen molar-refractivity contribution in [3.8, 4) is 6.07 Å². The summed E-state index contributed by atoms with van der Waals surface area (Å²) in [6, 6.07) is 11.6. The molecule has 0 amide bonds. The van der Waals surface area contributed by atoms with E-state index in [0.29, 0.717) is 10.6 Å². The minimum Gasteiger partial charge on any atom is -0.376 e. The summed E-state index contributed by atoms with van der Waals surface area (Å²) in [5, 5.41) is 14.8. The van der Waals surface area contributed by atoms with Gasteiger partial charge in [-0.1, -0.05) is 17.7 Å². The highest BCUT2D eigenvalue weighted by Gasteiger charge is 2.09. The average molecular weight is 263 g/mol. The van der Waals surface area contributed by atoms with E-state index in [-0.39, 0.29) is 6.04 Å². The van der Waals surface area contributed by atoms with Gasteiger partial charge >= 0.3 is 0 Å². The fourth-order valence-corrected chi connectivity index (χ4v) is 2.45. The van der Waals surface area contributed by atoms with Crippen molar-refractivity contribution in [1.82, 2.24) is 0 Å². The van der Waals surface area contributed by atoms with Gasteiger partial charge in [-0.2, -0.15) is 5.26 Å². The van der Waals surface area contributed by atoms with Crippen LogP contribution in [0.15, 0.2) is 35.7 Å². The van der Waals surface area contributed by atoms with Crippen molar-refractivity contribution in [3.63, 3.8) is 0 Å². The molecule has 0 aliphatic rings. The van der Waals surface area contributed by atoms with Crippen molar-refractivity contribution in [2.45, 2.75) is 13.0 Å². The second kappa shape index (κ2) is 5.22. The monoisotopic (exact) mass is 262 g/mol. The van der Waals surface area contributed by atoms with E-state index in [2.05, 4.69) is 24.4 Å². The van der Waals surface area contributed by atoms with Crippen LogP contribution in [0.2, 0.25) is 5.02 Å². The van der Waals surface area contributed by atoms with E-state index in [0.717, 1.165) is 5.69 Å². The van der Waals surface area contributed by atoms with Crippen LogP contribution in [0.5, 0.6) is 0 Å². The number of thiophene rings is 1. The maximum atomic E-state index is 8.85. The Morgan fingerprint density at radius 2 is 2.24 bits per heavy atom. The Bertz CT molecular complexity index is 543. The minimum absolute atomic E-state index is 0.182. The summed E-state index contributed by atoms with van der Waals surface area (Å²) in [5.41, 5.74) is 1.40. The molecule has 0 saturated carbocycles. The Balaban J connectivity index is 2.21. The molecule has 0 radical (unpaired) electrons. The van der Waals surface area contributed by atoms with Crippen LogP contribution >= 0.6 is 22.9 Å². The van der Waals surface area contributed by atoms with Crippen LogP contribution in [-0.2, 0) is 0 Å². The highest BCUT2D eigenvalue weighted by atomic mass is 35.5. The lowest BCUT2D eigenvalue weighted by molar-refractivity contribution is 0.908. The van der Waals surface area contributed by atoms with Crippen molar-refractivity contribution in [2.24, 2.45) is 0 Å². The van der Waals surface area contributed by atoms with Crippen LogP contribution in [0, 0.1) is 11.3 Å². The standard InChI is InChI=1S/C13H11ClN2S/c1-9(13-3-2-6-17-13)16-12-7-10(8-15)4-5-11(12)14/h2-7,9,16H,1H3. The Morgan fingerprint density at radius 3 is 2.88 bits per heavy atom. The van der Waals surface area contributed by atoms with Crippen molar-refractivity contribution in [1.29, 1.82) is 5.26 Å². The Morgan fingerprint density at radius 1 is 1.41 bits per heavy atom. The number of hydrogen-bond donors (Lipinski definition) is 1. The third kappa shape index (κ3) is 2.79. The van der Waals surface area contributed by atoms with E-state index in [4.69, 9.17) is 16.9 Å². The van der Waals surface area contributed by atoms with Gasteiger partial charge in [0.05, 0.1) is 28.4 Å². The van der Waals surface area contributed by atoms with Gasteiger partial charge in [0.25, 0.3) is 0 Å². The van der Waals surface area contributed by atoms with Crippen molar-refractivity contribution in [3.05, 3.63) is 51.2 Å². The van der Waals surface area contributed by atoms with E-state index in [1.807, 2.05) is 11.4 Å². The van der Waals surface area contributed by atoms with Crippen LogP contribution in [0.3, 0.4) is 0 Å². The topological polar surface area (TPSA) is 35.8 Å². The average Bonchev–Trinajstić information content (AvgIpc) is 2.85. The van der Waals surface area contributed by atoms with E-state index in [9.17, 15) is 0 Å². The molecule has 2 nitrogen and oxygen atoms in total. The summed E-state index contributed by atoms with van der Waals surface area (Å²) in [4.78, 5) is 1.24. The molecule has 1 unspecified atom stereocenters. The van der Waals surface area contributed by atoms with E-state index in [1.165, 1.54) is 4.88 Å². The number of anilines is 1. The first kappa shape index (κ1) is 12.0. The van der Waals surface area contributed by atoms with Gasteiger partial charge in [0.1, 0.15) is 0 Å². The number of halogens is 1. The molecule has 1 heterocycles. The van der Waals surface area contributed by atoms with E-state index >= 15 is 0 Å². The fourth-order valence-electron chi connectivity index (χ4n) is 1.55. The normalized spacial score (nSPS) is 11.8. The van der Waals surface area contributed by atoms with Crippen LogP contribution in [0.4, 0.5) is 5.69 Å². The maximum absolute atomic E-state index is 8.85. The highest BCUT2D eigenvalue weighted by molar-refractivity contribution is 7.10. The molecule has 1 aromatic carbocycles. The van der Waals surface area contributed by atoms with E-state index in [1.54, 1.807) is 29.5 Å². The van der Waals surface area contributed by atoms with Crippen LogP contribution in [0.25, 0.3) is 0 Å². The lowest BCUT2D eigenvalue weighted by Crippen LogP contribution is -2.05. The Labute approximate surface area is 109 Å². The molecular weight excluding hydrogens is 252 g/mol. The predicted octanol–water partition coefficient (Wildman–Crippen LogP) is 4.45. The smallest absolute Gasteiger partial charge is 0.0992 e. The largest absolute Gasteiger partial charge is 0.376 e. The molecule has 0 aliphatic heterocycles. The number of nitriles is 1. The highest BCUT2D eigenvalue weighted by Crippen LogP contribution is 2.28. The molecule has 86 valence electrons. The molecule has 0 fully saturated rings. The minimum atomic E-state index is 0.182. The Kier molecular flexibility index (Phi) is 3.68. The number of nitrogens with zero attached hydrogens (tertiary/aromatic N) is 1. The summed E-state index contributed by atoms with van der Waals surface area (Å²) in [7, 11) is 0. The zero-order chi connectivity index (χ0) is 12.3. The number of hydrogen-bond acceptors (Lipinski definition) is 3. The van der Waals surface area contributed by atoms with Gasteiger partial charge in [-0.05, 0) is 36.6 Å². The molecule has 2 aromatic rings. The predicted molar refractivity (Wildman–Crippen MR) is 72.5 cm³/mol. The first-order valence-corrected chi connectivity index (χ1v) is 6.46. The lowest BCUT2D eigenvalue weighted by Gasteiger charge is -2.15. The zero-order valence-electron chi connectivity index (χ0n) is 9.27. The molecule has 17 heavy (non-hydrogen) atoms. The lowest BCUT2D eigenvalue weighted by atomic mass is 10.2.